The molecule has 1 aliphatic rings. The summed E-state index contributed by atoms with van der Waals surface area (Å²) in [7, 11) is 3.22. The Morgan fingerprint density at radius 3 is 2.52 bits per heavy atom. The molecule has 0 atom stereocenters. The van der Waals surface area contributed by atoms with E-state index in [9.17, 15) is 9.59 Å². The third-order valence-electron chi connectivity index (χ3n) is 6.01. The zero-order valence-electron chi connectivity index (χ0n) is 17.9. The maximum atomic E-state index is 13.8. The van der Waals surface area contributed by atoms with Gasteiger partial charge in [-0.1, -0.05) is 37.5 Å². The van der Waals surface area contributed by atoms with Crippen molar-refractivity contribution in [3.05, 3.63) is 64.1 Å². The van der Waals surface area contributed by atoms with Gasteiger partial charge in [0.25, 0.3) is 11.5 Å². The molecular weight excluding hydrogens is 394 g/mol. The molecule has 1 aromatic heterocycles. The van der Waals surface area contributed by atoms with E-state index in [0.717, 1.165) is 31.2 Å². The Morgan fingerprint density at radius 2 is 1.81 bits per heavy atom. The molecule has 0 radical (unpaired) electrons. The number of amides is 1. The maximum Gasteiger partial charge on any atom is 0.275 e. The van der Waals surface area contributed by atoms with Crippen LogP contribution in [0.1, 0.15) is 48.2 Å². The van der Waals surface area contributed by atoms with Crippen LogP contribution in [0, 0.1) is 0 Å². The lowest BCUT2D eigenvalue weighted by molar-refractivity contribution is 0.0607. The molecular formula is C24H27N3O4. The van der Waals surface area contributed by atoms with Crippen molar-refractivity contribution >= 4 is 16.7 Å². The van der Waals surface area contributed by atoms with Crippen molar-refractivity contribution in [2.24, 2.45) is 0 Å². The zero-order valence-corrected chi connectivity index (χ0v) is 17.9. The molecule has 1 fully saturated rings. The topological polar surface area (TPSA) is 84.5 Å². The molecule has 162 valence electrons. The van der Waals surface area contributed by atoms with Crippen LogP contribution in [0.5, 0.6) is 11.5 Å². The second-order valence-corrected chi connectivity index (χ2v) is 7.85. The molecule has 2 aromatic carbocycles. The summed E-state index contributed by atoms with van der Waals surface area (Å²) in [6, 6.07) is 12.8. The average molecular weight is 421 g/mol. The van der Waals surface area contributed by atoms with Crippen LogP contribution in [-0.2, 0) is 6.54 Å². The maximum absolute atomic E-state index is 13.8. The molecule has 3 aromatic rings. The number of ether oxygens (including phenoxy) is 2. The highest BCUT2D eigenvalue weighted by molar-refractivity contribution is 6.04. The van der Waals surface area contributed by atoms with Crippen LogP contribution in [0.2, 0.25) is 0 Å². The first-order valence-corrected chi connectivity index (χ1v) is 10.6. The standard InChI is InChI=1S/C24H27N3O4/c1-30-18-13-12-16(21(14-18)31-2)15-27(17-8-4-3-5-9-17)24(29)22-19-10-6-7-11-20(19)23(28)26-25-22/h6-7,10-14,17H,3-5,8-9,15H2,1-2H3,(H,26,28). The molecule has 1 heterocycles. The molecule has 1 saturated carbocycles. The predicted molar refractivity (Wildman–Crippen MR) is 119 cm³/mol. The Balaban J connectivity index is 1.75. The van der Waals surface area contributed by atoms with Gasteiger partial charge in [0.15, 0.2) is 5.69 Å². The third-order valence-corrected chi connectivity index (χ3v) is 6.01. The molecule has 1 N–H and O–H groups in total. The Labute approximate surface area is 181 Å². The first-order chi connectivity index (χ1) is 15.1. The lowest BCUT2D eigenvalue weighted by Gasteiger charge is -2.34. The molecule has 0 spiro atoms. The van der Waals surface area contributed by atoms with Gasteiger partial charge in [0.2, 0.25) is 0 Å². The van der Waals surface area contributed by atoms with Crippen molar-refractivity contribution in [3.63, 3.8) is 0 Å². The van der Waals surface area contributed by atoms with Crippen LogP contribution >= 0.6 is 0 Å². The molecule has 7 nitrogen and oxygen atoms in total. The highest BCUT2D eigenvalue weighted by Crippen LogP contribution is 2.30. The van der Waals surface area contributed by atoms with Crippen LogP contribution in [0.15, 0.2) is 47.3 Å². The summed E-state index contributed by atoms with van der Waals surface area (Å²) in [6.07, 6.45) is 5.27. The number of aromatic amines is 1. The molecule has 0 saturated heterocycles. The smallest absolute Gasteiger partial charge is 0.275 e. The van der Waals surface area contributed by atoms with Crippen molar-refractivity contribution < 1.29 is 14.3 Å². The monoisotopic (exact) mass is 421 g/mol. The predicted octanol–water partition coefficient (Wildman–Crippen LogP) is 3.92. The lowest BCUT2D eigenvalue weighted by atomic mass is 9.93. The summed E-state index contributed by atoms with van der Waals surface area (Å²) < 4.78 is 10.9. The van der Waals surface area contributed by atoms with Crippen LogP contribution in [0.4, 0.5) is 0 Å². The summed E-state index contributed by atoms with van der Waals surface area (Å²) in [4.78, 5) is 27.8. The van der Waals surface area contributed by atoms with Gasteiger partial charge < -0.3 is 14.4 Å². The lowest BCUT2D eigenvalue weighted by Crippen LogP contribution is -2.41. The second-order valence-electron chi connectivity index (χ2n) is 7.85. The van der Waals surface area contributed by atoms with Gasteiger partial charge in [-0.2, -0.15) is 5.10 Å². The highest BCUT2D eigenvalue weighted by atomic mass is 16.5. The zero-order chi connectivity index (χ0) is 21.8. The van der Waals surface area contributed by atoms with Gasteiger partial charge in [-0.25, -0.2) is 5.10 Å². The Morgan fingerprint density at radius 1 is 1.06 bits per heavy atom. The number of hydrogen-bond acceptors (Lipinski definition) is 5. The fourth-order valence-corrected chi connectivity index (χ4v) is 4.34. The number of carbonyl (C=O) groups is 1. The van der Waals surface area contributed by atoms with Crippen molar-refractivity contribution in [3.8, 4) is 11.5 Å². The summed E-state index contributed by atoms with van der Waals surface area (Å²) >= 11 is 0. The van der Waals surface area contributed by atoms with Gasteiger partial charge >= 0.3 is 0 Å². The molecule has 7 heteroatoms. The molecule has 0 bridgehead atoms. The van der Waals surface area contributed by atoms with Crippen LogP contribution < -0.4 is 15.0 Å². The van der Waals surface area contributed by atoms with Gasteiger partial charge in [-0.3, -0.25) is 9.59 Å². The highest BCUT2D eigenvalue weighted by Gasteiger charge is 2.29. The van der Waals surface area contributed by atoms with Crippen LogP contribution in [0.3, 0.4) is 0 Å². The minimum absolute atomic E-state index is 0.112. The number of H-pyrrole nitrogens is 1. The average Bonchev–Trinajstić information content (AvgIpc) is 2.83. The number of aromatic nitrogens is 2. The number of benzene rings is 2. The van der Waals surface area contributed by atoms with Gasteiger partial charge in [-0.05, 0) is 31.0 Å². The summed E-state index contributed by atoms with van der Waals surface area (Å²) in [6.45, 7) is 0.395. The molecule has 1 amide bonds. The van der Waals surface area contributed by atoms with E-state index in [1.165, 1.54) is 6.42 Å². The van der Waals surface area contributed by atoms with E-state index < -0.39 is 0 Å². The van der Waals surface area contributed by atoms with Crippen molar-refractivity contribution in [1.82, 2.24) is 15.1 Å². The number of methoxy groups -OCH3 is 2. The molecule has 0 unspecified atom stereocenters. The number of hydrogen-bond donors (Lipinski definition) is 1. The molecule has 0 aliphatic heterocycles. The number of rotatable bonds is 6. The van der Waals surface area contributed by atoms with Gasteiger partial charge in [0, 0.05) is 29.6 Å². The Bertz CT molecular complexity index is 1140. The largest absolute Gasteiger partial charge is 0.497 e. The molecule has 31 heavy (non-hydrogen) atoms. The number of fused-ring (bicyclic) bond motifs is 1. The van der Waals surface area contributed by atoms with E-state index in [-0.39, 0.29) is 23.2 Å². The summed E-state index contributed by atoms with van der Waals surface area (Å²) in [5, 5.41) is 7.68. The van der Waals surface area contributed by atoms with Gasteiger partial charge in [-0.15, -0.1) is 0 Å². The second kappa shape index (κ2) is 9.20. The minimum Gasteiger partial charge on any atom is -0.497 e. The first kappa shape index (κ1) is 20.9. The Hall–Kier alpha value is -3.35. The van der Waals surface area contributed by atoms with E-state index in [4.69, 9.17) is 9.47 Å². The van der Waals surface area contributed by atoms with Gasteiger partial charge in [0.1, 0.15) is 11.5 Å². The van der Waals surface area contributed by atoms with Crippen molar-refractivity contribution in [2.75, 3.05) is 14.2 Å². The number of nitrogens with zero attached hydrogens (tertiary/aromatic N) is 2. The van der Waals surface area contributed by atoms with Crippen LogP contribution in [0.25, 0.3) is 10.8 Å². The first-order valence-electron chi connectivity index (χ1n) is 10.6. The quantitative estimate of drug-likeness (QED) is 0.652. The molecule has 4 rings (SSSR count). The third kappa shape index (κ3) is 4.26. The summed E-state index contributed by atoms with van der Waals surface area (Å²) in [5.41, 5.74) is 0.873. The minimum atomic E-state index is -0.298. The van der Waals surface area contributed by atoms with E-state index in [0.29, 0.717) is 28.8 Å². The Kier molecular flexibility index (Phi) is 6.21. The summed E-state index contributed by atoms with van der Waals surface area (Å²) in [5.74, 6) is 1.19. The fraction of sp³-hybridized carbons (Fsp3) is 0.375. The van der Waals surface area contributed by atoms with Gasteiger partial charge in [0.05, 0.1) is 19.6 Å². The van der Waals surface area contributed by atoms with Crippen LogP contribution in [-0.4, -0.2) is 41.3 Å². The number of carbonyl (C=O) groups excluding carboxylic acids is 1. The number of nitrogens with one attached hydrogen (secondary N) is 1. The van der Waals surface area contributed by atoms with E-state index >= 15 is 0 Å². The SMILES string of the molecule is COc1ccc(CN(C(=O)c2n[nH]c(=O)c3ccccc23)C2CCCCC2)c(OC)c1. The molecule has 1 aliphatic carbocycles. The fourth-order valence-electron chi connectivity index (χ4n) is 4.34. The van der Waals surface area contributed by atoms with Crippen molar-refractivity contribution in [2.45, 2.75) is 44.7 Å². The van der Waals surface area contributed by atoms with Crippen molar-refractivity contribution in [1.29, 1.82) is 0 Å². The van der Waals surface area contributed by atoms with E-state index in [2.05, 4.69) is 10.2 Å². The van der Waals surface area contributed by atoms with E-state index in [1.54, 1.807) is 32.4 Å². The van der Waals surface area contributed by atoms with E-state index in [1.807, 2.05) is 29.2 Å². The normalized spacial score (nSPS) is 14.4.